The Labute approximate surface area is 151 Å². The van der Waals surface area contributed by atoms with E-state index in [0.29, 0.717) is 6.42 Å². The van der Waals surface area contributed by atoms with Crippen LogP contribution in [0.25, 0.3) is 0 Å². The summed E-state index contributed by atoms with van der Waals surface area (Å²) >= 11 is 2.09. The highest BCUT2D eigenvalue weighted by atomic mass is 32.2. The number of carboxylic acid groups (broad SMARTS) is 1. The number of thioether (sulfide) groups is 2. The number of rotatable bonds is 10. The van der Waals surface area contributed by atoms with Gasteiger partial charge in [-0.1, -0.05) is 23.5 Å². The molecule has 138 valence electrons. The van der Waals surface area contributed by atoms with Gasteiger partial charge in [-0.15, -0.1) is 0 Å². The zero-order chi connectivity index (χ0) is 19.0. The summed E-state index contributed by atoms with van der Waals surface area (Å²) in [6, 6.07) is 0. The summed E-state index contributed by atoms with van der Waals surface area (Å²) in [4.78, 5) is 45.8. The standard InChI is InChI=1S/C16H26O6S2/c1-15(2,9-11(17)18)23-13(20)7-6-8-14(21)24-16(3,4)10-12(19)22-5/h6-10H2,1-5H3,(H,17,18). The van der Waals surface area contributed by atoms with Crippen molar-refractivity contribution in [2.45, 2.75) is 69.3 Å². The first-order valence-corrected chi connectivity index (χ1v) is 9.22. The van der Waals surface area contributed by atoms with Gasteiger partial charge in [-0.2, -0.15) is 0 Å². The number of carbonyl (C=O) groups is 4. The topological polar surface area (TPSA) is 97.7 Å². The molecular formula is C16H26O6S2. The highest BCUT2D eigenvalue weighted by Gasteiger charge is 2.28. The Hall–Kier alpha value is -1.02. The number of aliphatic carboxylic acids is 1. The average Bonchev–Trinajstić information content (AvgIpc) is 2.34. The molecule has 0 aromatic heterocycles. The van der Waals surface area contributed by atoms with E-state index in [2.05, 4.69) is 4.74 Å². The Bertz CT molecular complexity index is 485. The maximum absolute atomic E-state index is 12.0. The summed E-state index contributed by atoms with van der Waals surface area (Å²) in [5, 5.41) is 8.60. The van der Waals surface area contributed by atoms with E-state index in [4.69, 9.17) is 5.11 Å². The molecule has 0 spiro atoms. The third-order valence-electron chi connectivity index (χ3n) is 2.92. The molecule has 0 saturated carbocycles. The van der Waals surface area contributed by atoms with Crippen LogP contribution < -0.4 is 0 Å². The predicted molar refractivity (Wildman–Crippen MR) is 96.1 cm³/mol. The summed E-state index contributed by atoms with van der Waals surface area (Å²) in [6.45, 7) is 7.00. The molecule has 0 aliphatic carbocycles. The van der Waals surface area contributed by atoms with E-state index in [1.54, 1.807) is 27.7 Å². The molecule has 24 heavy (non-hydrogen) atoms. The lowest BCUT2D eigenvalue weighted by Gasteiger charge is -2.21. The molecule has 0 aliphatic rings. The summed E-state index contributed by atoms with van der Waals surface area (Å²) < 4.78 is 3.39. The van der Waals surface area contributed by atoms with Crippen LogP contribution in [0.15, 0.2) is 0 Å². The van der Waals surface area contributed by atoms with Crippen LogP contribution in [-0.4, -0.2) is 43.9 Å². The molecule has 0 atom stereocenters. The molecule has 8 heteroatoms. The SMILES string of the molecule is COC(=O)CC(C)(C)SC(=O)CCCC(=O)SC(C)(C)CC(=O)O. The molecule has 0 aromatic carbocycles. The lowest BCUT2D eigenvalue weighted by molar-refractivity contribution is -0.141. The highest BCUT2D eigenvalue weighted by Crippen LogP contribution is 2.32. The molecule has 0 unspecified atom stereocenters. The van der Waals surface area contributed by atoms with Crippen molar-refractivity contribution < 1.29 is 29.0 Å². The first kappa shape index (κ1) is 23.0. The summed E-state index contributed by atoms with van der Waals surface area (Å²) in [7, 11) is 1.31. The Kier molecular flexibility index (Phi) is 9.65. The van der Waals surface area contributed by atoms with Crippen LogP contribution in [0, 0.1) is 0 Å². The van der Waals surface area contributed by atoms with E-state index in [1.165, 1.54) is 7.11 Å². The average molecular weight is 379 g/mol. The van der Waals surface area contributed by atoms with Crippen LogP contribution in [0.5, 0.6) is 0 Å². The predicted octanol–water partition coefficient (Wildman–Crippen LogP) is 3.27. The van der Waals surface area contributed by atoms with E-state index >= 15 is 0 Å². The number of carbonyl (C=O) groups excluding carboxylic acids is 3. The first-order valence-electron chi connectivity index (χ1n) is 7.59. The number of ether oxygens (including phenoxy) is 1. The van der Waals surface area contributed by atoms with Crippen molar-refractivity contribution in [3.05, 3.63) is 0 Å². The normalized spacial score (nSPS) is 11.9. The molecule has 0 bridgehead atoms. The molecule has 6 nitrogen and oxygen atoms in total. The van der Waals surface area contributed by atoms with Gasteiger partial charge in [0, 0.05) is 22.3 Å². The molecule has 0 amide bonds. The van der Waals surface area contributed by atoms with E-state index in [1.807, 2.05) is 0 Å². The Morgan fingerprint density at radius 3 is 1.67 bits per heavy atom. The third kappa shape index (κ3) is 11.5. The van der Waals surface area contributed by atoms with Gasteiger partial charge in [-0.3, -0.25) is 19.2 Å². The smallest absolute Gasteiger partial charge is 0.306 e. The first-order chi connectivity index (χ1) is 10.9. The monoisotopic (exact) mass is 378 g/mol. The summed E-state index contributed by atoms with van der Waals surface area (Å²) in [5.41, 5.74) is 0. The molecular weight excluding hydrogens is 352 g/mol. The molecule has 0 fully saturated rings. The van der Waals surface area contributed by atoms with Crippen molar-refractivity contribution in [1.29, 1.82) is 0 Å². The van der Waals surface area contributed by atoms with E-state index in [-0.39, 0.29) is 41.9 Å². The van der Waals surface area contributed by atoms with Crippen LogP contribution >= 0.6 is 23.5 Å². The third-order valence-corrected chi connectivity index (χ3v) is 5.17. The maximum Gasteiger partial charge on any atom is 0.306 e. The lowest BCUT2D eigenvalue weighted by atomic mass is 10.1. The van der Waals surface area contributed by atoms with Crippen molar-refractivity contribution in [3.8, 4) is 0 Å². The maximum atomic E-state index is 12.0. The van der Waals surface area contributed by atoms with Crippen LogP contribution in [0.3, 0.4) is 0 Å². The van der Waals surface area contributed by atoms with E-state index < -0.39 is 15.5 Å². The molecule has 1 N–H and O–H groups in total. The van der Waals surface area contributed by atoms with Gasteiger partial charge >= 0.3 is 11.9 Å². The fourth-order valence-electron chi connectivity index (χ4n) is 1.95. The van der Waals surface area contributed by atoms with Gasteiger partial charge in [-0.25, -0.2) is 0 Å². The van der Waals surface area contributed by atoms with Crippen LogP contribution in [0.4, 0.5) is 0 Å². The quantitative estimate of drug-likeness (QED) is 0.578. The second-order valence-electron chi connectivity index (χ2n) is 6.64. The van der Waals surface area contributed by atoms with Crippen molar-refractivity contribution in [2.24, 2.45) is 0 Å². The molecule has 0 saturated heterocycles. The minimum Gasteiger partial charge on any atom is -0.481 e. The zero-order valence-electron chi connectivity index (χ0n) is 14.8. The Morgan fingerprint density at radius 1 is 0.875 bits per heavy atom. The van der Waals surface area contributed by atoms with Crippen molar-refractivity contribution in [3.63, 3.8) is 0 Å². The van der Waals surface area contributed by atoms with Gasteiger partial charge in [0.2, 0.25) is 0 Å². The second-order valence-corrected chi connectivity index (χ2v) is 10.2. The van der Waals surface area contributed by atoms with Gasteiger partial charge in [0.1, 0.15) is 0 Å². The Balaban J connectivity index is 4.18. The summed E-state index contributed by atoms with van der Waals surface area (Å²) in [5.74, 6) is -1.31. The molecule has 0 radical (unpaired) electrons. The number of esters is 1. The lowest BCUT2D eigenvalue weighted by Crippen LogP contribution is -2.23. The van der Waals surface area contributed by atoms with Crippen molar-refractivity contribution in [1.82, 2.24) is 0 Å². The van der Waals surface area contributed by atoms with Crippen LogP contribution in [-0.2, 0) is 23.9 Å². The number of hydrogen-bond donors (Lipinski definition) is 1. The zero-order valence-corrected chi connectivity index (χ0v) is 16.5. The fourth-order valence-corrected chi connectivity index (χ4v) is 4.06. The second kappa shape index (κ2) is 10.1. The van der Waals surface area contributed by atoms with Crippen molar-refractivity contribution >= 4 is 45.7 Å². The number of hydrogen-bond acceptors (Lipinski definition) is 7. The highest BCUT2D eigenvalue weighted by molar-refractivity contribution is 8.15. The van der Waals surface area contributed by atoms with Gasteiger partial charge in [0.05, 0.1) is 20.0 Å². The molecule has 0 aliphatic heterocycles. The minimum absolute atomic E-state index is 0.0773. The minimum atomic E-state index is -0.945. The summed E-state index contributed by atoms with van der Waals surface area (Å²) in [6.07, 6.45) is 0.908. The van der Waals surface area contributed by atoms with Crippen LogP contribution in [0.2, 0.25) is 0 Å². The van der Waals surface area contributed by atoms with Gasteiger partial charge in [-0.05, 0) is 34.1 Å². The van der Waals surface area contributed by atoms with Gasteiger partial charge < -0.3 is 9.84 Å². The van der Waals surface area contributed by atoms with E-state index in [0.717, 1.165) is 23.5 Å². The van der Waals surface area contributed by atoms with Gasteiger partial charge in [0.25, 0.3) is 0 Å². The van der Waals surface area contributed by atoms with Crippen molar-refractivity contribution in [2.75, 3.05) is 7.11 Å². The number of carboxylic acids is 1. The molecule has 0 heterocycles. The van der Waals surface area contributed by atoms with Gasteiger partial charge in [0.15, 0.2) is 10.2 Å². The largest absolute Gasteiger partial charge is 0.481 e. The van der Waals surface area contributed by atoms with Crippen LogP contribution in [0.1, 0.15) is 59.8 Å². The molecule has 0 aromatic rings. The fraction of sp³-hybridized carbons (Fsp3) is 0.750. The number of methoxy groups -OCH3 is 1. The Morgan fingerprint density at radius 2 is 1.29 bits per heavy atom. The van der Waals surface area contributed by atoms with E-state index in [9.17, 15) is 19.2 Å². The molecule has 0 rings (SSSR count).